The second-order valence-electron chi connectivity index (χ2n) is 6.02. The Bertz CT molecular complexity index is 697. The van der Waals surface area contributed by atoms with Crippen LogP contribution in [-0.4, -0.2) is 19.4 Å². The molecule has 2 N–H and O–H groups in total. The van der Waals surface area contributed by atoms with Gasteiger partial charge in [-0.2, -0.15) is 0 Å². The number of carbonyl (C=O) groups excluding carboxylic acids is 1. The van der Waals surface area contributed by atoms with Crippen LogP contribution in [0.25, 0.3) is 0 Å². The maximum absolute atomic E-state index is 12.1. The predicted molar refractivity (Wildman–Crippen MR) is 101 cm³/mol. The molecule has 0 aliphatic heterocycles. The molecule has 0 bridgehead atoms. The van der Waals surface area contributed by atoms with Crippen LogP contribution in [0, 0.1) is 6.92 Å². The summed E-state index contributed by atoms with van der Waals surface area (Å²) < 4.78 is 10.9. The van der Waals surface area contributed by atoms with Gasteiger partial charge >= 0.3 is 6.03 Å². The van der Waals surface area contributed by atoms with Gasteiger partial charge in [0.15, 0.2) is 6.73 Å². The van der Waals surface area contributed by atoms with Gasteiger partial charge in [0.2, 0.25) is 0 Å². The molecule has 2 aromatic rings. The number of urea groups is 1. The summed E-state index contributed by atoms with van der Waals surface area (Å²) in [6, 6.07) is 13.0. The average molecular weight is 342 g/mol. The fourth-order valence-corrected chi connectivity index (χ4v) is 2.48. The molecule has 0 aliphatic carbocycles. The molecule has 0 aromatic heterocycles. The van der Waals surface area contributed by atoms with Crippen molar-refractivity contribution in [3.63, 3.8) is 0 Å². The molecular formula is C20H26N2O3. The largest absolute Gasteiger partial charge is 0.494 e. The van der Waals surface area contributed by atoms with E-state index < -0.39 is 0 Å². The first-order valence-corrected chi connectivity index (χ1v) is 8.51. The van der Waals surface area contributed by atoms with E-state index in [0.29, 0.717) is 18.3 Å². The smallest absolute Gasteiger partial charge is 0.321 e. The number of amides is 2. The normalized spacial score (nSPS) is 10.4. The summed E-state index contributed by atoms with van der Waals surface area (Å²) in [6.07, 6.45) is 0. The Labute approximate surface area is 149 Å². The van der Waals surface area contributed by atoms with Crippen LogP contribution < -0.4 is 20.1 Å². The number of benzene rings is 2. The molecule has 25 heavy (non-hydrogen) atoms. The lowest BCUT2D eigenvalue weighted by Crippen LogP contribution is -2.32. The number of anilines is 1. The molecule has 0 spiro atoms. The van der Waals surface area contributed by atoms with Gasteiger partial charge in [-0.25, -0.2) is 4.79 Å². The number of carbonyl (C=O) groups is 1. The van der Waals surface area contributed by atoms with Crippen LogP contribution in [0.1, 0.15) is 37.8 Å². The fraction of sp³-hybridized carbons (Fsp3) is 0.350. The number of nitrogens with one attached hydrogen (secondary N) is 2. The van der Waals surface area contributed by atoms with Gasteiger partial charge in [-0.15, -0.1) is 0 Å². The molecule has 5 heteroatoms. The summed E-state index contributed by atoms with van der Waals surface area (Å²) in [4.78, 5) is 12.1. The first kappa shape index (κ1) is 18.6. The van der Waals surface area contributed by atoms with Crippen LogP contribution in [0.4, 0.5) is 10.5 Å². The highest BCUT2D eigenvalue weighted by molar-refractivity contribution is 5.91. The number of rotatable bonds is 7. The molecule has 0 unspecified atom stereocenters. The molecule has 0 saturated carbocycles. The van der Waals surface area contributed by atoms with E-state index in [1.165, 1.54) is 0 Å². The first-order chi connectivity index (χ1) is 12.0. The monoisotopic (exact) mass is 342 g/mol. The third-order valence-corrected chi connectivity index (χ3v) is 3.77. The molecule has 0 atom stereocenters. The molecule has 0 fully saturated rings. The third-order valence-electron chi connectivity index (χ3n) is 3.77. The van der Waals surface area contributed by atoms with E-state index in [1.807, 2.05) is 56.3 Å². The average Bonchev–Trinajstić information content (AvgIpc) is 2.58. The second kappa shape index (κ2) is 8.97. The van der Waals surface area contributed by atoms with Gasteiger partial charge in [-0.1, -0.05) is 32.0 Å². The van der Waals surface area contributed by atoms with E-state index >= 15 is 0 Å². The first-order valence-electron chi connectivity index (χ1n) is 8.51. The van der Waals surface area contributed by atoms with E-state index in [1.54, 1.807) is 0 Å². The molecule has 2 aromatic carbocycles. The van der Waals surface area contributed by atoms with Crippen molar-refractivity contribution in [2.24, 2.45) is 0 Å². The van der Waals surface area contributed by atoms with E-state index in [2.05, 4.69) is 24.5 Å². The van der Waals surface area contributed by atoms with Crippen molar-refractivity contribution in [1.29, 1.82) is 0 Å². The summed E-state index contributed by atoms with van der Waals surface area (Å²) in [6.45, 7) is 8.84. The molecule has 134 valence electrons. The predicted octanol–water partition coefficient (Wildman–Crippen LogP) is 4.68. The summed E-state index contributed by atoms with van der Waals surface area (Å²) in [5, 5.41) is 5.63. The van der Waals surface area contributed by atoms with Crippen LogP contribution in [0.2, 0.25) is 0 Å². The van der Waals surface area contributed by atoms with Crippen molar-refractivity contribution in [3.8, 4) is 11.5 Å². The highest BCUT2D eigenvalue weighted by Gasteiger charge is 2.11. The standard InChI is InChI=1S/C20H26N2O3/c1-5-24-16-9-11-17(12-10-16)25-13-21-20(23)22-19-15(4)7-6-8-18(19)14(2)3/h6-12,14H,5,13H2,1-4H3,(H2,21,22,23). The van der Waals surface area contributed by atoms with Crippen LogP contribution in [-0.2, 0) is 0 Å². The molecule has 0 aliphatic rings. The minimum absolute atomic E-state index is 0.0860. The molecule has 2 amide bonds. The molecule has 5 nitrogen and oxygen atoms in total. The van der Waals surface area contributed by atoms with E-state index in [0.717, 1.165) is 22.6 Å². The van der Waals surface area contributed by atoms with Crippen LogP contribution in [0.15, 0.2) is 42.5 Å². The number of hydrogen-bond acceptors (Lipinski definition) is 3. The van der Waals surface area contributed by atoms with Gasteiger partial charge in [0.25, 0.3) is 0 Å². The molecule has 0 radical (unpaired) electrons. The SMILES string of the molecule is CCOc1ccc(OCNC(=O)Nc2c(C)cccc2C(C)C)cc1. The Morgan fingerprint density at radius 1 is 1.04 bits per heavy atom. The summed E-state index contributed by atoms with van der Waals surface area (Å²) >= 11 is 0. The Balaban J connectivity index is 1.87. The lowest BCUT2D eigenvalue weighted by Gasteiger charge is -2.17. The van der Waals surface area contributed by atoms with Gasteiger partial charge in [-0.3, -0.25) is 0 Å². The summed E-state index contributed by atoms with van der Waals surface area (Å²) in [5.74, 6) is 1.79. The maximum Gasteiger partial charge on any atom is 0.321 e. The molecule has 0 heterocycles. The molecule has 2 rings (SSSR count). The Morgan fingerprint density at radius 3 is 2.28 bits per heavy atom. The van der Waals surface area contributed by atoms with E-state index in [9.17, 15) is 4.79 Å². The number of ether oxygens (including phenoxy) is 2. The summed E-state index contributed by atoms with van der Waals surface area (Å²) in [7, 11) is 0. The third kappa shape index (κ3) is 5.41. The number of aryl methyl sites for hydroxylation is 1. The number of para-hydroxylation sites is 1. The van der Waals surface area contributed by atoms with Gasteiger partial charge in [-0.05, 0) is 55.2 Å². The Morgan fingerprint density at radius 2 is 1.68 bits per heavy atom. The van der Waals surface area contributed by atoms with E-state index in [4.69, 9.17) is 9.47 Å². The van der Waals surface area contributed by atoms with Gasteiger partial charge in [0.1, 0.15) is 11.5 Å². The van der Waals surface area contributed by atoms with Crippen LogP contribution in [0.5, 0.6) is 11.5 Å². The van der Waals surface area contributed by atoms with Crippen molar-refractivity contribution < 1.29 is 14.3 Å². The zero-order valence-corrected chi connectivity index (χ0v) is 15.3. The fourth-order valence-electron chi connectivity index (χ4n) is 2.48. The highest BCUT2D eigenvalue weighted by Crippen LogP contribution is 2.27. The molecular weight excluding hydrogens is 316 g/mol. The van der Waals surface area contributed by atoms with Crippen LogP contribution >= 0.6 is 0 Å². The summed E-state index contributed by atoms with van der Waals surface area (Å²) in [5.41, 5.74) is 3.01. The van der Waals surface area contributed by atoms with Crippen molar-refractivity contribution in [1.82, 2.24) is 5.32 Å². The van der Waals surface area contributed by atoms with Crippen molar-refractivity contribution in [3.05, 3.63) is 53.6 Å². The Hall–Kier alpha value is -2.69. The number of hydrogen-bond donors (Lipinski definition) is 2. The lowest BCUT2D eigenvalue weighted by molar-refractivity contribution is 0.234. The lowest BCUT2D eigenvalue weighted by atomic mass is 9.98. The maximum atomic E-state index is 12.1. The van der Waals surface area contributed by atoms with E-state index in [-0.39, 0.29) is 12.8 Å². The van der Waals surface area contributed by atoms with Gasteiger partial charge in [0.05, 0.1) is 6.61 Å². The van der Waals surface area contributed by atoms with Gasteiger partial charge in [0, 0.05) is 5.69 Å². The highest BCUT2D eigenvalue weighted by atomic mass is 16.5. The van der Waals surface area contributed by atoms with Crippen molar-refractivity contribution in [2.75, 3.05) is 18.7 Å². The molecule has 0 saturated heterocycles. The zero-order valence-electron chi connectivity index (χ0n) is 15.3. The van der Waals surface area contributed by atoms with Crippen molar-refractivity contribution in [2.45, 2.75) is 33.6 Å². The quantitative estimate of drug-likeness (QED) is 0.719. The van der Waals surface area contributed by atoms with Crippen LogP contribution in [0.3, 0.4) is 0 Å². The van der Waals surface area contributed by atoms with Crippen molar-refractivity contribution >= 4 is 11.7 Å². The zero-order chi connectivity index (χ0) is 18.2. The minimum atomic E-state index is -0.290. The Kier molecular flexibility index (Phi) is 6.69. The topological polar surface area (TPSA) is 59.6 Å². The van der Waals surface area contributed by atoms with Gasteiger partial charge < -0.3 is 20.1 Å². The second-order valence-corrected chi connectivity index (χ2v) is 6.02. The minimum Gasteiger partial charge on any atom is -0.494 e.